The Kier molecular flexibility index (Phi) is 2.30. The van der Waals surface area contributed by atoms with Crippen molar-refractivity contribution in [3.8, 4) is 0 Å². The molecule has 0 aliphatic heterocycles. The number of carbonyl (C=O) groups excluding carboxylic acids is 1. The lowest BCUT2D eigenvalue weighted by Gasteiger charge is -2.57. The van der Waals surface area contributed by atoms with E-state index < -0.39 is 0 Å². The first-order valence-corrected chi connectivity index (χ1v) is 7.05. The summed E-state index contributed by atoms with van der Waals surface area (Å²) in [4.78, 5) is 12.4. The third-order valence-corrected chi connectivity index (χ3v) is 5.48. The van der Waals surface area contributed by atoms with Gasteiger partial charge in [-0.2, -0.15) is 0 Å². The van der Waals surface area contributed by atoms with E-state index in [0.717, 1.165) is 12.8 Å². The van der Waals surface area contributed by atoms with Gasteiger partial charge < -0.3 is 0 Å². The number of carbonyl (C=O) groups is 1. The molecule has 0 N–H and O–H groups in total. The van der Waals surface area contributed by atoms with Crippen LogP contribution in [0.4, 0.5) is 0 Å². The lowest BCUT2D eigenvalue weighted by molar-refractivity contribution is -0.151. The maximum atomic E-state index is 12.4. The molecule has 3 unspecified atom stereocenters. The Bertz CT molecular complexity index is 514. The zero-order valence-electron chi connectivity index (χ0n) is 11.8. The highest BCUT2D eigenvalue weighted by Gasteiger charge is 2.61. The quantitative estimate of drug-likeness (QED) is 0.725. The maximum absolute atomic E-state index is 12.4. The van der Waals surface area contributed by atoms with Crippen molar-refractivity contribution in [2.24, 2.45) is 11.3 Å². The first kappa shape index (κ1) is 12.0. The Hall–Kier alpha value is -1.11. The molecule has 2 aliphatic carbocycles. The number of ketones is 1. The van der Waals surface area contributed by atoms with Gasteiger partial charge >= 0.3 is 0 Å². The standard InChI is InChI=1S/C17H22O/c1-5-17(4)14-11-8-6-7-9-13(11)16(2,3)10-12(14)15(17)18/h6-9,12,14H,5,10H2,1-4H3. The van der Waals surface area contributed by atoms with Gasteiger partial charge in [-0.25, -0.2) is 0 Å². The van der Waals surface area contributed by atoms with E-state index in [2.05, 4.69) is 52.0 Å². The van der Waals surface area contributed by atoms with Crippen LogP contribution in [0, 0.1) is 11.3 Å². The van der Waals surface area contributed by atoms with Crippen molar-refractivity contribution in [2.45, 2.75) is 51.9 Å². The summed E-state index contributed by atoms with van der Waals surface area (Å²) in [6, 6.07) is 8.75. The molecule has 0 bridgehead atoms. The van der Waals surface area contributed by atoms with Gasteiger partial charge in [-0.1, -0.05) is 52.0 Å². The van der Waals surface area contributed by atoms with Gasteiger partial charge in [0.25, 0.3) is 0 Å². The van der Waals surface area contributed by atoms with Crippen LogP contribution in [0.1, 0.15) is 57.6 Å². The molecule has 1 aromatic carbocycles. The minimum atomic E-state index is -0.114. The van der Waals surface area contributed by atoms with Crippen LogP contribution in [0.15, 0.2) is 24.3 Å². The van der Waals surface area contributed by atoms with Crippen molar-refractivity contribution in [1.82, 2.24) is 0 Å². The normalized spacial score (nSPS) is 36.6. The molecule has 1 heteroatoms. The topological polar surface area (TPSA) is 17.1 Å². The molecule has 0 spiro atoms. The van der Waals surface area contributed by atoms with Crippen LogP contribution in [-0.4, -0.2) is 5.78 Å². The second kappa shape index (κ2) is 3.46. The lowest BCUT2D eigenvalue weighted by atomic mass is 9.44. The largest absolute Gasteiger partial charge is 0.299 e. The minimum Gasteiger partial charge on any atom is -0.299 e. The Morgan fingerprint density at radius 3 is 2.56 bits per heavy atom. The van der Waals surface area contributed by atoms with Crippen LogP contribution in [-0.2, 0) is 10.2 Å². The van der Waals surface area contributed by atoms with E-state index in [0.29, 0.717) is 11.7 Å². The predicted molar refractivity (Wildman–Crippen MR) is 73.7 cm³/mol. The molecule has 2 aliphatic rings. The Morgan fingerprint density at radius 2 is 1.89 bits per heavy atom. The van der Waals surface area contributed by atoms with Gasteiger partial charge in [-0.05, 0) is 29.4 Å². The lowest BCUT2D eigenvalue weighted by Crippen LogP contribution is -2.58. The minimum absolute atomic E-state index is 0.114. The zero-order chi connectivity index (χ0) is 13.1. The molecule has 0 saturated heterocycles. The fourth-order valence-corrected chi connectivity index (χ4v) is 4.28. The van der Waals surface area contributed by atoms with Gasteiger partial charge in [0.2, 0.25) is 0 Å². The van der Waals surface area contributed by atoms with Crippen LogP contribution >= 0.6 is 0 Å². The molecule has 1 saturated carbocycles. The predicted octanol–water partition coefficient (Wildman–Crippen LogP) is 4.07. The maximum Gasteiger partial charge on any atom is 0.143 e. The average Bonchev–Trinajstić information content (AvgIpc) is 2.37. The molecule has 18 heavy (non-hydrogen) atoms. The highest BCUT2D eigenvalue weighted by Crippen LogP contribution is 2.62. The van der Waals surface area contributed by atoms with Crippen LogP contribution < -0.4 is 0 Å². The van der Waals surface area contributed by atoms with E-state index >= 15 is 0 Å². The molecule has 1 nitrogen and oxygen atoms in total. The van der Waals surface area contributed by atoms with Crippen molar-refractivity contribution in [1.29, 1.82) is 0 Å². The molecular formula is C17H22O. The van der Waals surface area contributed by atoms with Crippen molar-refractivity contribution in [3.63, 3.8) is 0 Å². The molecular weight excluding hydrogens is 220 g/mol. The summed E-state index contributed by atoms with van der Waals surface area (Å²) in [6.45, 7) is 8.86. The second-order valence-corrected chi connectivity index (χ2v) is 6.89. The summed E-state index contributed by atoms with van der Waals surface area (Å²) in [5.41, 5.74) is 2.92. The summed E-state index contributed by atoms with van der Waals surface area (Å²) in [6.07, 6.45) is 1.98. The number of Topliss-reactive ketones (excluding diaryl/α,β-unsaturated/α-hetero) is 1. The van der Waals surface area contributed by atoms with Gasteiger partial charge in [-0.15, -0.1) is 0 Å². The highest BCUT2D eigenvalue weighted by molar-refractivity contribution is 5.96. The van der Waals surface area contributed by atoms with Gasteiger partial charge in [0.15, 0.2) is 0 Å². The number of rotatable bonds is 1. The molecule has 3 atom stereocenters. The van der Waals surface area contributed by atoms with E-state index in [1.54, 1.807) is 0 Å². The zero-order valence-corrected chi connectivity index (χ0v) is 11.8. The first-order chi connectivity index (χ1) is 8.42. The third kappa shape index (κ3) is 1.25. The van der Waals surface area contributed by atoms with Crippen LogP contribution in [0.3, 0.4) is 0 Å². The van der Waals surface area contributed by atoms with Gasteiger partial charge in [0.1, 0.15) is 5.78 Å². The summed E-state index contributed by atoms with van der Waals surface area (Å²) in [5, 5.41) is 0. The highest BCUT2D eigenvalue weighted by atomic mass is 16.1. The van der Waals surface area contributed by atoms with Crippen molar-refractivity contribution >= 4 is 5.78 Å². The molecule has 0 aromatic heterocycles. The number of benzene rings is 1. The Labute approximate surface area is 110 Å². The first-order valence-electron chi connectivity index (χ1n) is 7.05. The van der Waals surface area contributed by atoms with Crippen molar-refractivity contribution < 1.29 is 4.79 Å². The fourth-order valence-electron chi connectivity index (χ4n) is 4.28. The number of hydrogen-bond acceptors (Lipinski definition) is 1. The van der Waals surface area contributed by atoms with Gasteiger partial charge in [0, 0.05) is 17.3 Å². The third-order valence-electron chi connectivity index (χ3n) is 5.48. The van der Waals surface area contributed by atoms with E-state index in [4.69, 9.17) is 0 Å². The molecule has 96 valence electrons. The molecule has 0 heterocycles. The van der Waals surface area contributed by atoms with E-state index in [-0.39, 0.29) is 16.7 Å². The fraction of sp³-hybridized carbons (Fsp3) is 0.588. The van der Waals surface area contributed by atoms with Crippen molar-refractivity contribution in [3.05, 3.63) is 35.4 Å². The van der Waals surface area contributed by atoms with E-state index in [1.165, 1.54) is 11.1 Å². The van der Waals surface area contributed by atoms with Crippen LogP contribution in [0.2, 0.25) is 0 Å². The molecule has 0 amide bonds. The Morgan fingerprint density at radius 1 is 1.22 bits per heavy atom. The van der Waals surface area contributed by atoms with Gasteiger partial charge in [-0.3, -0.25) is 4.79 Å². The number of fused-ring (bicyclic) bond motifs is 3. The smallest absolute Gasteiger partial charge is 0.143 e. The average molecular weight is 242 g/mol. The monoisotopic (exact) mass is 242 g/mol. The van der Waals surface area contributed by atoms with Crippen molar-refractivity contribution in [2.75, 3.05) is 0 Å². The van der Waals surface area contributed by atoms with Gasteiger partial charge in [0.05, 0.1) is 0 Å². The molecule has 3 rings (SSSR count). The SMILES string of the molecule is CCC1(C)C(=O)C2CC(C)(C)c3ccccc3C21. The van der Waals surface area contributed by atoms with Crippen LogP contribution in [0.5, 0.6) is 0 Å². The summed E-state index contributed by atoms with van der Waals surface area (Å²) < 4.78 is 0. The van der Waals surface area contributed by atoms with E-state index in [1.807, 2.05) is 0 Å². The molecule has 1 fully saturated rings. The second-order valence-electron chi connectivity index (χ2n) is 6.89. The molecule has 1 aromatic rings. The van der Waals surface area contributed by atoms with E-state index in [9.17, 15) is 4.79 Å². The molecule has 0 radical (unpaired) electrons. The summed E-state index contributed by atoms with van der Waals surface area (Å²) in [7, 11) is 0. The Balaban J connectivity index is 2.16. The summed E-state index contributed by atoms with van der Waals surface area (Å²) in [5.74, 6) is 1.22. The summed E-state index contributed by atoms with van der Waals surface area (Å²) >= 11 is 0. The van der Waals surface area contributed by atoms with Crippen LogP contribution in [0.25, 0.3) is 0 Å². The number of hydrogen-bond donors (Lipinski definition) is 0.